The van der Waals surface area contributed by atoms with E-state index in [9.17, 15) is 9.90 Å². The van der Waals surface area contributed by atoms with Gasteiger partial charge in [0.25, 0.3) is 0 Å². The molecule has 0 atom stereocenters. The molecule has 1 aliphatic rings. The zero-order valence-electron chi connectivity index (χ0n) is 12.3. The topological polar surface area (TPSA) is 61.4 Å². The van der Waals surface area contributed by atoms with Crippen LogP contribution >= 0.6 is 0 Å². The molecule has 1 aliphatic heterocycles. The highest BCUT2D eigenvalue weighted by Crippen LogP contribution is 2.33. The van der Waals surface area contributed by atoms with E-state index in [-0.39, 0.29) is 12.5 Å². The Balaban J connectivity index is 2.21. The first-order valence-corrected chi connectivity index (χ1v) is 7.21. The standard InChI is InChI=1S/C16H24N2O2/c1-15(2,20)12-18-14(19)16(8-10-17-11-9-16)13-6-4-3-5-7-13/h3-7,17,20H,8-12H2,1-2H3,(H,18,19). The predicted molar refractivity (Wildman–Crippen MR) is 79.5 cm³/mol. The van der Waals surface area contributed by atoms with Gasteiger partial charge in [0.1, 0.15) is 0 Å². The number of carbonyl (C=O) groups is 1. The van der Waals surface area contributed by atoms with Gasteiger partial charge in [-0.3, -0.25) is 4.79 Å². The summed E-state index contributed by atoms with van der Waals surface area (Å²) in [5, 5.41) is 16.0. The van der Waals surface area contributed by atoms with Crippen LogP contribution in [0.4, 0.5) is 0 Å². The van der Waals surface area contributed by atoms with E-state index in [1.54, 1.807) is 13.8 Å². The normalized spacial score (nSPS) is 18.6. The molecule has 20 heavy (non-hydrogen) atoms. The maximum atomic E-state index is 12.7. The van der Waals surface area contributed by atoms with Crippen LogP contribution in [-0.4, -0.2) is 36.2 Å². The van der Waals surface area contributed by atoms with Gasteiger partial charge in [-0.1, -0.05) is 30.3 Å². The molecule has 0 spiro atoms. The molecule has 4 nitrogen and oxygen atoms in total. The van der Waals surface area contributed by atoms with Crippen molar-refractivity contribution in [3.63, 3.8) is 0 Å². The van der Waals surface area contributed by atoms with Gasteiger partial charge < -0.3 is 15.7 Å². The van der Waals surface area contributed by atoms with Crippen molar-refractivity contribution in [2.75, 3.05) is 19.6 Å². The van der Waals surface area contributed by atoms with E-state index >= 15 is 0 Å². The SMILES string of the molecule is CC(C)(O)CNC(=O)C1(c2ccccc2)CCNCC1. The Morgan fingerprint density at radius 3 is 2.45 bits per heavy atom. The van der Waals surface area contributed by atoms with Crippen LogP contribution < -0.4 is 10.6 Å². The van der Waals surface area contributed by atoms with Crippen molar-refractivity contribution >= 4 is 5.91 Å². The summed E-state index contributed by atoms with van der Waals surface area (Å²) in [6.07, 6.45) is 1.57. The lowest BCUT2D eigenvalue weighted by Gasteiger charge is -2.37. The summed E-state index contributed by atoms with van der Waals surface area (Å²) < 4.78 is 0. The molecule has 2 rings (SSSR count). The molecule has 110 valence electrons. The number of hydrogen-bond acceptors (Lipinski definition) is 3. The smallest absolute Gasteiger partial charge is 0.230 e. The first kappa shape index (κ1) is 15.0. The Kier molecular flexibility index (Phi) is 4.45. The summed E-state index contributed by atoms with van der Waals surface area (Å²) in [4.78, 5) is 12.7. The number of nitrogens with one attached hydrogen (secondary N) is 2. The summed E-state index contributed by atoms with van der Waals surface area (Å²) in [5.41, 5.74) is -0.298. The minimum atomic E-state index is -0.888. The lowest BCUT2D eigenvalue weighted by Crippen LogP contribution is -2.52. The third kappa shape index (κ3) is 3.38. The number of hydrogen-bond donors (Lipinski definition) is 3. The van der Waals surface area contributed by atoms with Crippen molar-refractivity contribution in [3.05, 3.63) is 35.9 Å². The Morgan fingerprint density at radius 1 is 1.30 bits per heavy atom. The van der Waals surface area contributed by atoms with E-state index in [4.69, 9.17) is 0 Å². The van der Waals surface area contributed by atoms with Gasteiger partial charge in [-0.15, -0.1) is 0 Å². The van der Waals surface area contributed by atoms with Crippen LogP contribution in [0.2, 0.25) is 0 Å². The number of amides is 1. The van der Waals surface area contributed by atoms with E-state index in [0.717, 1.165) is 31.5 Å². The zero-order valence-corrected chi connectivity index (χ0v) is 12.3. The molecule has 1 aromatic rings. The van der Waals surface area contributed by atoms with E-state index in [0.29, 0.717) is 0 Å². The minimum Gasteiger partial charge on any atom is -0.389 e. The first-order chi connectivity index (χ1) is 9.44. The summed E-state index contributed by atoms with van der Waals surface area (Å²) in [5.74, 6) is 0.0207. The zero-order chi connectivity index (χ0) is 14.6. The highest BCUT2D eigenvalue weighted by Gasteiger charge is 2.41. The van der Waals surface area contributed by atoms with Gasteiger partial charge >= 0.3 is 0 Å². The molecule has 4 heteroatoms. The summed E-state index contributed by atoms with van der Waals surface area (Å²) in [6, 6.07) is 9.96. The molecule has 0 aromatic heterocycles. The fourth-order valence-electron chi connectivity index (χ4n) is 2.72. The molecular formula is C16H24N2O2. The number of piperidine rings is 1. The lowest BCUT2D eigenvalue weighted by atomic mass is 9.72. The third-order valence-corrected chi connectivity index (χ3v) is 3.90. The highest BCUT2D eigenvalue weighted by atomic mass is 16.3. The summed E-state index contributed by atoms with van der Waals surface area (Å²) >= 11 is 0. The van der Waals surface area contributed by atoms with E-state index in [2.05, 4.69) is 10.6 Å². The maximum Gasteiger partial charge on any atom is 0.230 e. The van der Waals surface area contributed by atoms with Crippen LogP contribution in [0.1, 0.15) is 32.3 Å². The van der Waals surface area contributed by atoms with Gasteiger partial charge in [0.05, 0.1) is 11.0 Å². The number of rotatable bonds is 4. The van der Waals surface area contributed by atoms with Gasteiger partial charge in [-0.25, -0.2) is 0 Å². The van der Waals surface area contributed by atoms with E-state index < -0.39 is 11.0 Å². The summed E-state index contributed by atoms with van der Waals surface area (Å²) in [6.45, 7) is 5.35. The van der Waals surface area contributed by atoms with Crippen LogP contribution in [0.3, 0.4) is 0 Å². The second-order valence-electron chi connectivity index (χ2n) is 6.19. The fourth-order valence-corrected chi connectivity index (χ4v) is 2.72. The molecule has 0 saturated carbocycles. The van der Waals surface area contributed by atoms with Gasteiger partial charge in [0.2, 0.25) is 5.91 Å². The van der Waals surface area contributed by atoms with Crippen molar-refractivity contribution in [1.29, 1.82) is 0 Å². The Morgan fingerprint density at radius 2 is 1.90 bits per heavy atom. The minimum absolute atomic E-state index is 0.0207. The van der Waals surface area contributed by atoms with Crippen LogP contribution in [-0.2, 0) is 10.2 Å². The molecule has 1 aromatic carbocycles. The first-order valence-electron chi connectivity index (χ1n) is 7.21. The maximum absolute atomic E-state index is 12.7. The molecule has 3 N–H and O–H groups in total. The average molecular weight is 276 g/mol. The Hall–Kier alpha value is -1.39. The number of carbonyl (C=O) groups excluding carboxylic acids is 1. The van der Waals surface area contributed by atoms with Gasteiger partial charge in [-0.2, -0.15) is 0 Å². The third-order valence-electron chi connectivity index (χ3n) is 3.90. The molecule has 0 radical (unpaired) electrons. The largest absolute Gasteiger partial charge is 0.389 e. The molecule has 1 fully saturated rings. The molecule has 1 saturated heterocycles. The Bertz CT molecular complexity index is 445. The van der Waals surface area contributed by atoms with Crippen LogP contribution in [0.25, 0.3) is 0 Å². The number of benzene rings is 1. The molecule has 0 unspecified atom stereocenters. The van der Waals surface area contributed by atoms with Gasteiger partial charge in [0, 0.05) is 6.54 Å². The quantitative estimate of drug-likeness (QED) is 0.774. The monoisotopic (exact) mass is 276 g/mol. The van der Waals surface area contributed by atoms with Crippen molar-refractivity contribution in [2.24, 2.45) is 0 Å². The van der Waals surface area contributed by atoms with Gasteiger partial charge in [0.15, 0.2) is 0 Å². The molecule has 1 heterocycles. The van der Waals surface area contributed by atoms with Crippen molar-refractivity contribution in [1.82, 2.24) is 10.6 Å². The van der Waals surface area contributed by atoms with Crippen molar-refractivity contribution in [2.45, 2.75) is 37.7 Å². The average Bonchev–Trinajstić information content (AvgIpc) is 2.45. The predicted octanol–water partition coefficient (Wildman–Crippen LogP) is 1.19. The second-order valence-corrected chi connectivity index (χ2v) is 6.19. The van der Waals surface area contributed by atoms with Crippen LogP contribution in [0.15, 0.2) is 30.3 Å². The van der Waals surface area contributed by atoms with E-state index in [1.165, 1.54) is 0 Å². The fraction of sp³-hybridized carbons (Fsp3) is 0.562. The Labute approximate surface area is 120 Å². The lowest BCUT2D eigenvalue weighted by molar-refractivity contribution is -0.128. The van der Waals surface area contributed by atoms with E-state index in [1.807, 2.05) is 30.3 Å². The van der Waals surface area contributed by atoms with Gasteiger partial charge in [-0.05, 0) is 45.3 Å². The van der Waals surface area contributed by atoms with Crippen LogP contribution in [0, 0.1) is 0 Å². The molecule has 0 bridgehead atoms. The molecule has 0 aliphatic carbocycles. The highest BCUT2D eigenvalue weighted by molar-refractivity contribution is 5.88. The van der Waals surface area contributed by atoms with Crippen LogP contribution in [0.5, 0.6) is 0 Å². The summed E-state index contributed by atoms with van der Waals surface area (Å²) in [7, 11) is 0. The second kappa shape index (κ2) is 5.94. The van der Waals surface area contributed by atoms with Crippen molar-refractivity contribution < 1.29 is 9.90 Å². The molecular weight excluding hydrogens is 252 g/mol. The molecule has 1 amide bonds. The number of aliphatic hydroxyl groups is 1. The van der Waals surface area contributed by atoms with Crippen molar-refractivity contribution in [3.8, 4) is 0 Å².